The van der Waals surface area contributed by atoms with E-state index in [1.54, 1.807) is 7.11 Å². The molecule has 4 atom stereocenters. The number of hydrogen-bond donors (Lipinski definition) is 3. The average Bonchev–Trinajstić information content (AvgIpc) is 3.55. The minimum atomic E-state index is -0.509. The van der Waals surface area contributed by atoms with Crippen molar-refractivity contribution < 1.29 is 28.5 Å². The van der Waals surface area contributed by atoms with E-state index in [9.17, 15) is 9.59 Å². The number of rotatable bonds is 14. The van der Waals surface area contributed by atoms with Crippen molar-refractivity contribution in [1.29, 1.82) is 0 Å². The number of epoxide rings is 1. The van der Waals surface area contributed by atoms with Crippen LogP contribution in [0, 0.1) is 5.92 Å². The Morgan fingerprint density at radius 1 is 1.15 bits per heavy atom. The number of allylic oxidation sites excluding steroid dienone is 1. The number of nitrogens with two attached hydrogens (primary N) is 1. The summed E-state index contributed by atoms with van der Waals surface area (Å²) in [4.78, 5) is 23.6. The number of carbonyl (C=O) groups is 2. The van der Waals surface area contributed by atoms with Crippen molar-refractivity contribution in [2.75, 3.05) is 40.0 Å². The number of methoxy groups -OCH3 is 1. The second-order valence-electron chi connectivity index (χ2n) is 10.1. The Morgan fingerprint density at radius 3 is 2.35 bits per heavy atom. The van der Waals surface area contributed by atoms with Crippen molar-refractivity contribution in [1.82, 2.24) is 10.6 Å². The van der Waals surface area contributed by atoms with Crippen LogP contribution in [0.3, 0.4) is 0 Å². The molecule has 1 saturated carbocycles. The molecule has 4 N–H and O–H groups in total. The van der Waals surface area contributed by atoms with Gasteiger partial charge in [0.2, 0.25) is 5.91 Å². The van der Waals surface area contributed by atoms with Gasteiger partial charge in [0, 0.05) is 26.1 Å². The van der Waals surface area contributed by atoms with Crippen molar-refractivity contribution in [2.45, 2.75) is 89.6 Å². The zero-order valence-electron chi connectivity index (χ0n) is 21.6. The van der Waals surface area contributed by atoms with Gasteiger partial charge in [0.1, 0.15) is 12.2 Å². The molecule has 2 aliphatic rings. The molecule has 2 fully saturated rings. The van der Waals surface area contributed by atoms with Crippen LogP contribution in [0.4, 0.5) is 4.79 Å². The molecule has 0 bridgehead atoms. The first kappa shape index (κ1) is 28.6. The first-order valence-corrected chi connectivity index (χ1v) is 12.5. The van der Waals surface area contributed by atoms with E-state index in [1.165, 1.54) is 5.57 Å². The van der Waals surface area contributed by atoms with Crippen LogP contribution < -0.4 is 16.4 Å². The molecule has 0 aromatic rings. The number of hydrogen-bond acceptors (Lipinski definition) is 7. The molecule has 9 nitrogen and oxygen atoms in total. The van der Waals surface area contributed by atoms with Crippen LogP contribution in [0.5, 0.6) is 0 Å². The highest BCUT2D eigenvalue weighted by atomic mass is 16.6. The molecule has 1 saturated heterocycles. The maximum Gasteiger partial charge on any atom is 0.407 e. The fourth-order valence-corrected chi connectivity index (χ4v) is 4.87. The van der Waals surface area contributed by atoms with E-state index in [0.717, 1.165) is 32.1 Å². The van der Waals surface area contributed by atoms with Crippen LogP contribution in [0.2, 0.25) is 0 Å². The molecular formula is C25H45N3O6. The van der Waals surface area contributed by atoms with E-state index in [0.29, 0.717) is 32.7 Å². The van der Waals surface area contributed by atoms with Crippen LogP contribution in [0.1, 0.15) is 66.2 Å². The average molecular weight is 484 g/mol. The normalized spacial score (nSPS) is 26.1. The summed E-state index contributed by atoms with van der Waals surface area (Å²) >= 11 is 0. The molecule has 4 unspecified atom stereocenters. The topological polar surface area (TPSA) is 124 Å². The van der Waals surface area contributed by atoms with E-state index in [2.05, 4.69) is 30.6 Å². The first-order valence-electron chi connectivity index (χ1n) is 12.5. The van der Waals surface area contributed by atoms with Gasteiger partial charge in [-0.1, -0.05) is 24.5 Å². The Bertz CT molecular complexity index is 688. The number of alkyl carbamates (subject to hydrolysis) is 1. The minimum absolute atomic E-state index is 0.0200. The third-order valence-corrected chi connectivity index (χ3v) is 6.74. The van der Waals surface area contributed by atoms with Crippen LogP contribution >= 0.6 is 0 Å². The van der Waals surface area contributed by atoms with Crippen molar-refractivity contribution in [3.63, 3.8) is 0 Å². The Balaban J connectivity index is 1.80. The Hall–Kier alpha value is -1.68. The highest BCUT2D eigenvalue weighted by Gasteiger charge is 2.64. The standard InChI is InChI=1S/C25H45N3O6/c1-18(2)11-15-32-24(3,4)22-21(31-5)19(10-12-25(22)17-33-25)34-23(30)28-14-9-7-6-8-13-27-20(29)16-26/h11,19,21-22H,6-10,12-17,26H2,1-5H3,(H,27,29)(H,28,30). The van der Waals surface area contributed by atoms with Gasteiger partial charge in [0.05, 0.1) is 31.0 Å². The lowest BCUT2D eigenvalue weighted by atomic mass is 9.68. The van der Waals surface area contributed by atoms with Gasteiger partial charge in [0.15, 0.2) is 0 Å². The summed E-state index contributed by atoms with van der Waals surface area (Å²) in [6.07, 6.45) is 6.15. The van der Waals surface area contributed by atoms with Gasteiger partial charge in [-0.25, -0.2) is 4.79 Å². The lowest BCUT2D eigenvalue weighted by Gasteiger charge is -2.47. The molecule has 1 heterocycles. The number of ether oxygens (including phenoxy) is 4. The third-order valence-electron chi connectivity index (χ3n) is 6.74. The maximum absolute atomic E-state index is 12.5. The summed E-state index contributed by atoms with van der Waals surface area (Å²) in [6.45, 7) is 10.6. The van der Waals surface area contributed by atoms with Gasteiger partial charge in [-0.05, 0) is 53.4 Å². The number of carbonyl (C=O) groups excluding carboxylic acids is 2. The molecule has 1 spiro atoms. The second-order valence-corrected chi connectivity index (χ2v) is 10.1. The van der Waals surface area contributed by atoms with Gasteiger partial charge in [-0.2, -0.15) is 0 Å². The van der Waals surface area contributed by atoms with Gasteiger partial charge in [0.25, 0.3) is 0 Å². The van der Waals surface area contributed by atoms with Crippen molar-refractivity contribution in [2.24, 2.45) is 11.7 Å². The second kappa shape index (κ2) is 13.4. The smallest absolute Gasteiger partial charge is 0.407 e. The summed E-state index contributed by atoms with van der Waals surface area (Å²) in [5.74, 6) is -0.187. The predicted molar refractivity (Wildman–Crippen MR) is 130 cm³/mol. The maximum atomic E-state index is 12.5. The quantitative estimate of drug-likeness (QED) is 0.197. The zero-order chi connectivity index (χ0) is 25.2. The Kier molecular flexibility index (Phi) is 11.3. The molecule has 2 amide bonds. The van der Waals surface area contributed by atoms with Crippen LogP contribution in [-0.2, 0) is 23.7 Å². The fraction of sp³-hybridized carbons (Fsp3) is 0.840. The summed E-state index contributed by atoms with van der Waals surface area (Å²) in [6, 6.07) is 0. The molecule has 1 aliphatic heterocycles. The largest absolute Gasteiger partial charge is 0.443 e. The monoisotopic (exact) mass is 483 g/mol. The highest BCUT2D eigenvalue weighted by molar-refractivity contribution is 5.77. The lowest BCUT2D eigenvalue weighted by Crippen LogP contribution is -2.59. The van der Waals surface area contributed by atoms with Crippen molar-refractivity contribution in [3.05, 3.63) is 11.6 Å². The summed E-state index contributed by atoms with van der Waals surface area (Å²) in [7, 11) is 1.66. The van der Waals surface area contributed by atoms with Gasteiger partial charge < -0.3 is 35.3 Å². The molecule has 34 heavy (non-hydrogen) atoms. The van der Waals surface area contributed by atoms with E-state index < -0.39 is 11.7 Å². The molecule has 0 radical (unpaired) electrons. The molecule has 9 heteroatoms. The van der Waals surface area contributed by atoms with Crippen LogP contribution in [0.15, 0.2) is 11.6 Å². The molecule has 1 aliphatic carbocycles. The van der Waals surface area contributed by atoms with Crippen molar-refractivity contribution >= 4 is 12.0 Å². The third kappa shape index (κ3) is 8.52. The van der Waals surface area contributed by atoms with Gasteiger partial charge >= 0.3 is 6.09 Å². The van der Waals surface area contributed by atoms with Gasteiger partial charge in [-0.15, -0.1) is 0 Å². The van der Waals surface area contributed by atoms with Crippen molar-refractivity contribution in [3.8, 4) is 0 Å². The Morgan fingerprint density at radius 2 is 1.79 bits per heavy atom. The Labute approximate surface area is 204 Å². The molecule has 196 valence electrons. The van der Waals surface area contributed by atoms with E-state index in [-0.39, 0.29) is 36.2 Å². The molecule has 0 aromatic heterocycles. The lowest BCUT2D eigenvalue weighted by molar-refractivity contribution is -0.172. The van der Waals surface area contributed by atoms with E-state index in [4.69, 9.17) is 24.7 Å². The molecule has 0 aromatic carbocycles. The van der Waals surface area contributed by atoms with Crippen LogP contribution in [-0.4, -0.2) is 75.4 Å². The summed E-state index contributed by atoms with van der Waals surface area (Å²) in [5.41, 5.74) is 5.68. The minimum Gasteiger partial charge on any atom is -0.443 e. The SMILES string of the molecule is COC1C(OC(=O)NCCCCCCNC(=O)CN)CCC2(CO2)C1C(C)(C)OCC=C(C)C. The number of nitrogens with one attached hydrogen (secondary N) is 2. The predicted octanol–water partition coefficient (Wildman–Crippen LogP) is 2.67. The first-order chi connectivity index (χ1) is 16.1. The zero-order valence-corrected chi connectivity index (χ0v) is 21.6. The number of amides is 2. The summed E-state index contributed by atoms with van der Waals surface area (Å²) in [5, 5.41) is 5.61. The van der Waals surface area contributed by atoms with E-state index >= 15 is 0 Å². The number of unbranched alkanes of at least 4 members (excludes halogenated alkanes) is 3. The highest BCUT2D eigenvalue weighted by Crippen LogP contribution is 2.52. The molecule has 2 rings (SSSR count). The summed E-state index contributed by atoms with van der Waals surface area (Å²) < 4.78 is 23.9. The molecular weight excluding hydrogens is 438 g/mol. The fourth-order valence-electron chi connectivity index (χ4n) is 4.87. The van der Waals surface area contributed by atoms with Crippen LogP contribution in [0.25, 0.3) is 0 Å². The van der Waals surface area contributed by atoms with E-state index in [1.807, 2.05) is 13.8 Å². The van der Waals surface area contributed by atoms with Gasteiger partial charge in [-0.3, -0.25) is 4.79 Å².